The summed E-state index contributed by atoms with van der Waals surface area (Å²) in [7, 11) is 0. The van der Waals surface area contributed by atoms with E-state index in [9.17, 15) is 29.2 Å². The number of carbonyl (C=O) groups excluding carboxylic acids is 5. The summed E-state index contributed by atoms with van der Waals surface area (Å²) in [4.78, 5) is 79.2. The second kappa shape index (κ2) is 16.9. The van der Waals surface area contributed by atoms with Crippen LogP contribution >= 0.6 is 0 Å². The Labute approximate surface area is 378 Å². The monoisotopic (exact) mass is 880 g/mol. The quantitative estimate of drug-likeness (QED) is 0.157. The molecule has 338 valence electrons. The van der Waals surface area contributed by atoms with Crippen molar-refractivity contribution in [2.75, 3.05) is 24.5 Å². The fourth-order valence-electron chi connectivity index (χ4n) is 11.2. The van der Waals surface area contributed by atoms with E-state index in [1.165, 1.54) is 0 Å². The van der Waals surface area contributed by atoms with Crippen LogP contribution in [-0.2, 0) is 9.59 Å². The maximum absolute atomic E-state index is 13.7. The van der Waals surface area contributed by atoms with Gasteiger partial charge in [-0.25, -0.2) is 4.98 Å². The molecule has 0 spiro atoms. The van der Waals surface area contributed by atoms with Gasteiger partial charge in [-0.15, -0.1) is 0 Å². The molecular formula is C50H56N8O7. The summed E-state index contributed by atoms with van der Waals surface area (Å²) >= 11 is 0. The first kappa shape index (κ1) is 43.8. The van der Waals surface area contributed by atoms with Crippen LogP contribution in [-0.4, -0.2) is 105 Å². The van der Waals surface area contributed by atoms with E-state index in [2.05, 4.69) is 73.0 Å². The van der Waals surface area contributed by atoms with Crippen LogP contribution in [0.4, 0.5) is 5.82 Å². The van der Waals surface area contributed by atoms with Crippen molar-refractivity contribution in [3.8, 4) is 17.6 Å². The number of amides is 5. The largest absolute Gasteiger partial charge is 0.490 e. The molecule has 4 fully saturated rings. The van der Waals surface area contributed by atoms with Crippen LogP contribution in [0.25, 0.3) is 10.9 Å². The molecule has 2 aromatic heterocycles. The number of nitriles is 1. The highest BCUT2D eigenvalue weighted by molar-refractivity contribution is 6.23. The number of hydrogen-bond acceptors (Lipinski definition) is 12. The Bertz CT molecular complexity index is 2590. The van der Waals surface area contributed by atoms with E-state index < -0.39 is 29.7 Å². The molecule has 5 amide bonds. The summed E-state index contributed by atoms with van der Waals surface area (Å²) in [6.07, 6.45) is 7.06. The van der Waals surface area contributed by atoms with Gasteiger partial charge in [0.25, 0.3) is 17.7 Å². The number of aromatic nitrogens is 2. The number of nitrogens with one attached hydrogen (secondary N) is 2. The highest BCUT2D eigenvalue weighted by atomic mass is 16.5. The van der Waals surface area contributed by atoms with E-state index in [0.717, 1.165) is 61.4 Å². The summed E-state index contributed by atoms with van der Waals surface area (Å²) in [5, 5.41) is 15.9. The third kappa shape index (κ3) is 7.96. The predicted octanol–water partition coefficient (Wildman–Crippen LogP) is 6.05. The fraction of sp³-hybridized carbons (Fsp3) is 0.480. The van der Waals surface area contributed by atoms with Gasteiger partial charge in [0, 0.05) is 85.6 Å². The molecule has 1 atom stereocenters. The zero-order valence-corrected chi connectivity index (χ0v) is 37.8. The van der Waals surface area contributed by atoms with Crippen molar-refractivity contribution >= 4 is 46.3 Å². The van der Waals surface area contributed by atoms with Crippen LogP contribution in [0.15, 0.2) is 67.0 Å². The van der Waals surface area contributed by atoms with E-state index >= 15 is 0 Å². The average molecular weight is 881 g/mol. The minimum atomic E-state index is -1.01. The number of benzene rings is 2. The first-order valence-corrected chi connectivity index (χ1v) is 22.8. The first-order chi connectivity index (χ1) is 31.0. The Kier molecular flexibility index (Phi) is 11.4. The Hall–Kier alpha value is -6.40. The van der Waals surface area contributed by atoms with E-state index in [1.807, 2.05) is 30.3 Å². The van der Waals surface area contributed by atoms with Crippen LogP contribution in [0.5, 0.6) is 11.5 Å². The summed E-state index contributed by atoms with van der Waals surface area (Å²) in [5.41, 5.74) is 1.29. The standard InChI is InChI=1S/C50H56N8O7/c1-28(2)57(32-22-34(23-32)64-33-11-12-35-37(24-33)46(63)58(45(35)62)38-13-16-41(59)54-44(38)61)27-29-17-20-56(21-18-29)40-15-10-31(26-53-40)43(60)55-47-49(3,4)48(50(47,5)6)65-39-14-9-30(25-51)42-36(39)8-7-19-52-42/h7-12,14-15,19,24,26,28-29,32,34,38,47-48H,13,16-18,20-23,27H2,1-6H3,(H,55,60)(H,54,59,61)/t32-,34-,38?,47?,48?. The molecule has 0 radical (unpaired) electrons. The molecule has 2 aliphatic carbocycles. The van der Waals surface area contributed by atoms with E-state index in [0.29, 0.717) is 46.1 Å². The van der Waals surface area contributed by atoms with Crippen molar-refractivity contribution in [2.45, 2.75) is 116 Å². The number of piperidine rings is 2. The summed E-state index contributed by atoms with van der Waals surface area (Å²) in [6.45, 7) is 15.6. The van der Waals surface area contributed by atoms with Crippen LogP contribution in [0, 0.1) is 28.1 Å². The molecule has 1 unspecified atom stereocenters. The molecule has 9 rings (SSSR count). The SMILES string of the molecule is CC(C)N(CC1CCN(c2ccc(C(=O)NC3C(C)(C)C(Oc4ccc(C#N)c5ncccc45)C3(C)C)cn2)CC1)[C@H]1C[C@H](Oc2ccc3c(c2)C(=O)N(C2CCC(=O)NC2=O)C3=O)C1. The molecule has 5 aliphatic rings. The Balaban J connectivity index is 0.743. The molecule has 3 aliphatic heterocycles. The Morgan fingerprint density at radius 2 is 1.68 bits per heavy atom. The smallest absolute Gasteiger partial charge is 0.262 e. The van der Waals surface area contributed by atoms with Crippen molar-refractivity contribution in [3.05, 3.63) is 89.2 Å². The molecule has 65 heavy (non-hydrogen) atoms. The molecule has 2 saturated carbocycles. The molecular weight excluding hydrogens is 825 g/mol. The lowest BCUT2D eigenvalue weighted by Gasteiger charge is -2.63. The van der Waals surface area contributed by atoms with Gasteiger partial charge in [-0.05, 0) is 93.6 Å². The molecule has 2 aromatic carbocycles. The highest BCUT2D eigenvalue weighted by Gasteiger charge is 2.64. The van der Waals surface area contributed by atoms with Crippen molar-refractivity contribution in [2.24, 2.45) is 16.7 Å². The normalized spacial score (nSPS) is 24.9. The minimum absolute atomic E-state index is 0.0209. The molecule has 0 bridgehead atoms. The van der Waals surface area contributed by atoms with Gasteiger partial charge in [0.2, 0.25) is 11.8 Å². The zero-order chi connectivity index (χ0) is 45.9. The van der Waals surface area contributed by atoms with Crippen LogP contribution in [0.1, 0.15) is 117 Å². The van der Waals surface area contributed by atoms with Crippen LogP contribution in [0.3, 0.4) is 0 Å². The molecule has 5 heterocycles. The summed E-state index contributed by atoms with van der Waals surface area (Å²) in [6, 6.07) is 17.8. The van der Waals surface area contributed by atoms with Gasteiger partial charge in [0.05, 0.1) is 27.8 Å². The highest BCUT2D eigenvalue weighted by Crippen LogP contribution is 2.56. The number of hydrogen-bond donors (Lipinski definition) is 2. The summed E-state index contributed by atoms with van der Waals surface area (Å²) < 4.78 is 13.0. The van der Waals surface area contributed by atoms with Crippen molar-refractivity contribution < 1.29 is 33.4 Å². The second-order valence-corrected chi connectivity index (χ2v) is 19.8. The second-order valence-electron chi connectivity index (χ2n) is 19.8. The maximum atomic E-state index is 13.7. The lowest BCUT2D eigenvalue weighted by molar-refractivity contribution is -0.163. The molecule has 2 N–H and O–H groups in total. The van der Waals surface area contributed by atoms with Gasteiger partial charge in [0.15, 0.2) is 0 Å². The fourth-order valence-corrected chi connectivity index (χ4v) is 11.2. The van der Waals surface area contributed by atoms with Gasteiger partial charge < -0.3 is 19.7 Å². The summed E-state index contributed by atoms with van der Waals surface area (Å²) in [5.74, 6) is 0.293. The Morgan fingerprint density at radius 1 is 0.938 bits per heavy atom. The van der Waals surface area contributed by atoms with Gasteiger partial charge >= 0.3 is 0 Å². The first-order valence-electron chi connectivity index (χ1n) is 22.8. The number of nitrogens with zero attached hydrogens (tertiary/aromatic N) is 6. The van der Waals surface area contributed by atoms with Crippen molar-refractivity contribution in [3.63, 3.8) is 0 Å². The number of imide groups is 2. The number of fused-ring (bicyclic) bond motifs is 2. The van der Waals surface area contributed by atoms with Crippen LogP contribution in [0.2, 0.25) is 0 Å². The number of ether oxygens (including phenoxy) is 2. The number of anilines is 1. The molecule has 2 saturated heterocycles. The van der Waals surface area contributed by atoms with Crippen molar-refractivity contribution in [1.82, 2.24) is 30.4 Å². The third-order valence-corrected chi connectivity index (χ3v) is 14.5. The van der Waals surface area contributed by atoms with Gasteiger partial charge in [-0.3, -0.25) is 44.1 Å². The van der Waals surface area contributed by atoms with E-state index in [-0.39, 0.29) is 59.0 Å². The lowest BCUT2D eigenvalue weighted by Crippen LogP contribution is -2.74. The van der Waals surface area contributed by atoms with Crippen molar-refractivity contribution in [1.29, 1.82) is 5.26 Å². The zero-order valence-electron chi connectivity index (χ0n) is 37.8. The number of pyridine rings is 2. The predicted molar refractivity (Wildman–Crippen MR) is 241 cm³/mol. The number of rotatable bonds is 12. The molecule has 15 nitrogen and oxygen atoms in total. The van der Waals surface area contributed by atoms with Gasteiger partial charge in [-0.2, -0.15) is 5.26 Å². The number of carbonyl (C=O) groups is 5. The average Bonchev–Trinajstić information content (AvgIpc) is 3.52. The van der Waals surface area contributed by atoms with E-state index in [1.54, 1.807) is 36.7 Å². The Morgan fingerprint density at radius 3 is 2.35 bits per heavy atom. The van der Waals surface area contributed by atoms with Gasteiger partial charge in [0.1, 0.15) is 41.6 Å². The van der Waals surface area contributed by atoms with Gasteiger partial charge in [-0.1, -0.05) is 27.7 Å². The topological polar surface area (TPSA) is 187 Å². The van der Waals surface area contributed by atoms with Crippen LogP contribution < -0.4 is 25.0 Å². The molecule has 4 aromatic rings. The third-order valence-electron chi connectivity index (χ3n) is 14.5. The minimum Gasteiger partial charge on any atom is -0.490 e. The lowest BCUT2D eigenvalue weighted by atomic mass is 9.49. The molecule has 15 heteroatoms. The maximum Gasteiger partial charge on any atom is 0.262 e. The van der Waals surface area contributed by atoms with E-state index in [4.69, 9.17) is 14.5 Å².